The van der Waals surface area contributed by atoms with Crippen LogP contribution in [0.4, 0.5) is 0 Å². The fourth-order valence-corrected chi connectivity index (χ4v) is 4.48. The molecular formula is C24H29NO5. The highest BCUT2D eigenvalue weighted by Gasteiger charge is 2.24. The molecule has 3 N–H and O–H groups in total. The van der Waals surface area contributed by atoms with E-state index >= 15 is 0 Å². The molecule has 0 spiro atoms. The van der Waals surface area contributed by atoms with E-state index in [1.807, 2.05) is 12.9 Å². The molecule has 2 aliphatic carbocycles. The molecular weight excluding hydrogens is 382 g/mol. The van der Waals surface area contributed by atoms with Gasteiger partial charge in [0.1, 0.15) is 6.79 Å². The van der Waals surface area contributed by atoms with Gasteiger partial charge < -0.3 is 15.6 Å². The second kappa shape index (κ2) is 11.4. The number of aldehydes is 2. The molecule has 6 heteroatoms. The van der Waals surface area contributed by atoms with Gasteiger partial charge in [-0.05, 0) is 48.6 Å². The van der Waals surface area contributed by atoms with Gasteiger partial charge in [0.2, 0.25) is 0 Å². The maximum Gasteiger partial charge on any atom is 0.336 e. The van der Waals surface area contributed by atoms with Crippen LogP contribution in [0.1, 0.15) is 93.9 Å². The van der Waals surface area contributed by atoms with Crippen LogP contribution in [0.15, 0.2) is 24.3 Å². The summed E-state index contributed by atoms with van der Waals surface area (Å²) in [6.45, 7) is 2.00. The zero-order valence-corrected chi connectivity index (χ0v) is 17.1. The molecule has 0 radical (unpaired) electrons. The van der Waals surface area contributed by atoms with Gasteiger partial charge in [0, 0.05) is 22.6 Å². The lowest BCUT2D eigenvalue weighted by Gasteiger charge is -2.17. The molecule has 30 heavy (non-hydrogen) atoms. The standard InChI is InChI=1S/C18H16O4.C5H11N.CH2O/c19-9-12-5-6-13(10-20)17-15(18(21)22)8-7-14(16(12)17)11-3-1-2-4-11;6-5-3-1-2-4-5;1-2/h5-11H,1-4H2,(H,21,22);5H,1-4,6H2;1H2. The topological polar surface area (TPSA) is 115 Å². The van der Waals surface area contributed by atoms with Crippen LogP contribution in [0.5, 0.6) is 0 Å². The number of hydrogen-bond acceptors (Lipinski definition) is 5. The van der Waals surface area contributed by atoms with E-state index in [1.54, 1.807) is 12.1 Å². The van der Waals surface area contributed by atoms with E-state index in [-0.39, 0.29) is 5.56 Å². The van der Waals surface area contributed by atoms with Crippen molar-refractivity contribution in [3.05, 3.63) is 46.5 Å². The average Bonchev–Trinajstić information content (AvgIpc) is 3.48. The summed E-state index contributed by atoms with van der Waals surface area (Å²) in [5.74, 6) is -0.764. The van der Waals surface area contributed by atoms with Gasteiger partial charge in [-0.15, -0.1) is 0 Å². The van der Waals surface area contributed by atoms with Crippen LogP contribution in [0.2, 0.25) is 0 Å². The number of benzene rings is 2. The predicted molar refractivity (Wildman–Crippen MR) is 116 cm³/mol. The van der Waals surface area contributed by atoms with Crippen molar-refractivity contribution in [1.82, 2.24) is 0 Å². The predicted octanol–water partition coefficient (Wildman–Crippen LogP) is 4.52. The van der Waals surface area contributed by atoms with E-state index in [0.29, 0.717) is 40.1 Å². The molecule has 4 rings (SSSR count). The number of carboxylic acid groups (broad SMARTS) is 1. The third-order valence-electron chi connectivity index (χ3n) is 5.94. The molecule has 0 amide bonds. The maximum atomic E-state index is 11.5. The zero-order valence-electron chi connectivity index (χ0n) is 17.1. The van der Waals surface area contributed by atoms with Gasteiger partial charge in [0.25, 0.3) is 0 Å². The summed E-state index contributed by atoms with van der Waals surface area (Å²) in [6.07, 6.45) is 11.0. The lowest BCUT2D eigenvalue weighted by atomic mass is 9.86. The quantitative estimate of drug-likeness (QED) is 0.715. The largest absolute Gasteiger partial charge is 0.478 e. The minimum Gasteiger partial charge on any atom is -0.478 e. The molecule has 2 saturated carbocycles. The van der Waals surface area contributed by atoms with E-state index in [2.05, 4.69) is 0 Å². The van der Waals surface area contributed by atoms with Crippen LogP contribution in [0, 0.1) is 0 Å². The second-order valence-corrected chi connectivity index (χ2v) is 7.76. The Morgan fingerprint density at radius 1 is 0.867 bits per heavy atom. The molecule has 2 aliphatic rings. The van der Waals surface area contributed by atoms with Crippen LogP contribution in [-0.2, 0) is 4.79 Å². The van der Waals surface area contributed by atoms with Crippen LogP contribution >= 0.6 is 0 Å². The van der Waals surface area contributed by atoms with Crippen molar-refractivity contribution in [2.45, 2.75) is 63.3 Å². The Hall–Kier alpha value is -2.86. The van der Waals surface area contributed by atoms with Crippen molar-refractivity contribution in [2.75, 3.05) is 0 Å². The summed E-state index contributed by atoms with van der Waals surface area (Å²) in [4.78, 5) is 42.3. The molecule has 0 aromatic heterocycles. The Labute approximate surface area is 176 Å². The summed E-state index contributed by atoms with van der Waals surface area (Å²) >= 11 is 0. The molecule has 0 bridgehead atoms. The molecule has 6 nitrogen and oxygen atoms in total. The normalized spacial score (nSPS) is 16.3. The highest BCUT2D eigenvalue weighted by Crippen LogP contribution is 2.40. The highest BCUT2D eigenvalue weighted by molar-refractivity contribution is 6.15. The van der Waals surface area contributed by atoms with Gasteiger partial charge in [0.15, 0.2) is 12.6 Å². The Kier molecular flexibility index (Phi) is 8.87. The van der Waals surface area contributed by atoms with Crippen LogP contribution in [0.25, 0.3) is 10.8 Å². The number of carbonyl (C=O) groups is 4. The number of nitrogens with two attached hydrogens (primary N) is 1. The number of carbonyl (C=O) groups excluding carboxylic acids is 3. The number of aromatic carboxylic acids is 1. The van der Waals surface area contributed by atoms with Crippen molar-refractivity contribution in [3.8, 4) is 0 Å². The third-order valence-corrected chi connectivity index (χ3v) is 5.94. The minimum atomic E-state index is -1.09. The molecule has 0 unspecified atom stereocenters. The first-order valence-corrected chi connectivity index (χ1v) is 10.3. The van der Waals surface area contributed by atoms with Gasteiger partial charge in [-0.3, -0.25) is 9.59 Å². The van der Waals surface area contributed by atoms with Gasteiger partial charge >= 0.3 is 5.97 Å². The van der Waals surface area contributed by atoms with Gasteiger partial charge in [-0.2, -0.15) is 0 Å². The Morgan fingerprint density at radius 3 is 1.80 bits per heavy atom. The van der Waals surface area contributed by atoms with Crippen LogP contribution in [0.3, 0.4) is 0 Å². The van der Waals surface area contributed by atoms with Gasteiger partial charge in [0.05, 0.1) is 5.56 Å². The lowest BCUT2D eigenvalue weighted by molar-refractivity contribution is -0.0980. The maximum absolute atomic E-state index is 11.5. The van der Waals surface area contributed by atoms with Gasteiger partial charge in [-0.1, -0.05) is 43.9 Å². The van der Waals surface area contributed by atoms with Crippen molar-refractivity contribution in [1.29, 1.82) is 0 Å². The summed E-state index contributed by atoms with van der Waals surface area (Å²) < 4.78 is 0. The van der Waals surface area contributed by atoms with Gasteiger partial charge in [-0.25, -0.2) is 4.79 Å². The molecule has 160 valence electrons. The number of carboxylic acids is 1. The smallest absolute Gasteiger partial charge is 0.336 e. The third kappa shape index (κ3) is 5.19. The molecule has 0 saturated heterocycles. The molecule has 0 atom stereocenters. The fraction of sp³-hybridized carbons (Fsp3) is 0.417. The Morgan fingerprint density at radius 2 is 1.37 bits per heavy atom. The molecule has 0 heterocycles. The van der Waals surface area contributed by atoms with E-state index < -0.39 is 5.97 Å². The summed E-state index contributed by atoms with van der Waals surface area (Å²) in [6, 6.07) is 7.03. The first-order chi connectivity index (χ1) is 14.6. The van der Waals surface area contributed by atoms with E-state index in [4.69, 9.17) is 10.5 Å². The molecule has 2 fully saturated rings. The lowest BCUT2D eigenvalue weighted by Crippen LogP contribution is -2.13. The molecule has 0 aliphatic heterocycles. The monoisotopic (exact) mass is 411 g/mol. The molecule has 2 aromatic carbocycles. The second-order valence-electron chi connectivity index (χ2n) is 7.76. The first kappa shape index (κ1) is 23.4. The first-order valence-electron chi connectivity index (χ1n) is 10.3. The fourth-order valence-electron chi connectivity index (χ4n) is 4.48. The number of fused-ring (bicyclic) bond motifs is 1. The zero-order chi connectivity index (χ0) is 22.1. The molecule has 2 aromatic rings. The summed E-state index contributed by atoms with van der Waals surface area (Å²) in [5.41, 5.74) is 7.36. The average molecular weight is 411 g/mol. The Balaban J connectivity index is 0.000000340. The summed E-state index contributed by atoms with van der Waals surface area (Å²) in [7, 11) is 0. The number of rotatable bonds is 4. The minimum absolute atomic E-state index is 0.0718. The SMILES string of the molecule is C=O.NC1CCCC1.O=Cc1ccc(C=O)c2c(C3CCCC3)ccc(C(=O)O)c12. The van der Waals surface area contributed by atoms with Crippen LogP contribution in [-0.4, -0.2) is 36.5 Å². The van der Waals surface area contributed by atoms with E-state index in [9.17, 15) is 19.5 Å². The Bertz CT molecular complexity index is 896. The highest BCUT2D eigenvalue weighted by atomic mass is 16.4. The van der Waals surface area contributed by atoms with Crippen molar-refractivity contribution >= 4 is 36.1 Å². The van der Waals surface area contributed by atoms with Crippen LogP contribution < -0.4 is 5.73 Å². The van der Waals surface area contributed by atoms with Crippen molar-refractivity contribution in [2.24, 2.45) is 5.73 Å². The number of hydrogen-bond donors (Lipinski definition) is 2. The van der Waals surface area contributed by atoms with Crippen molar-refractivity contribution < 1.29 is 24.3 Å². The van der Waals surface area contributed by atoms with E-state index in [0.717, 1.165) is 37.5 Å². The summed E-state index contributed by atoms with van der Waals surface area (Å²) in [5, 5.41) is 10.4. The van der Waals surface area contributed by atoms with Crippen molar-refractivity contribution in [3.63, 3.8) is 0 Å². The van der Waals surface area contributed by atoms with E-state index in [1.165, 1.54) is 31.7 Å².